The van der Waals surface area contributed by atoms with E-state index in [4.69, 9.17) is 0 Å². The van der Waals surface area contributed by atoms with Crippen molar-refractivity contribution >= 4 is 23.6 Å². The first kappa shape index (κ1) is 18.6. The van der Waals surface area contributed by atoms with Gasteiger partial charge >= 0.3 is 0 Å². The second-order valence-electron chi connectivity index (χ2n) is 5.75. The molecule has 1 aromatic heterocycles. The molecule has 3 rings (SSSR count). The van der Waals surface area contributed by atoms with Gasteiger partial charge in [0.05, 0.1) is 11.4 Å². The lowest BCUT2D eigenvalue weighted by molar-refractivity contribution is -0.119. The minimum atomic E-state index is -0.380. The average molecular weight is 382 g/mol. The fourth-order valence-electron chi connectivity index (χ4n) is 2.34. The summed E-state index contributed by atoms with van der Waals surface area (Å²) in [7, 11) is 0. The van der Waals surface area contributed by atoms with Gasteiger partial charge in [-0.3, -0.25) is 20.4 Å². The van der Waals surface area contributed by atoms with Crippen molar-refractivity contribution in [2.24, 2.45) is 0 Å². The Balaban J connectivity index is 1.58. The maximum Gasteiger partial charge on any atom is 0.269 e. The maximum absolute atomic E-state index is 12.0. The monoisotopic (exact) mass is 382 g/mol. The molecule has 2 aromatic carbocycles. The summed E-state index contributed by atoms with van der Waals surface area (Å²) >= 11 is 1.18. The Labute approximate surface area is 160 Å². The number of aryl methyl sites for hydroxylation is 1. The standard InChI is InChI=1S/C18H18N6O2S/c1-12-7-6-10-15(13(12)2)24-18(21-22-23-24)27-11-16(25)19-20-17(26)14-8-4-3-5-9-14/h3-10H,11H2,1-2H3,(H,19,25)(H,20,26). The number of thioether (sulfide) groups is 1. The zero-order valence-corrected chi connectivity index (χ0v) is 15.7. The van der Waals surface area contributed by atoms with E-state index in [2.05, 4.69) is 26.4 Å². The van der Waals surface area contributed by atoms with Gasteiger partial charge in [0.1, 0.15) is 0 Å². The Hall–Kier alpha value is -3.20. The zero-order chi connectivity index (χ0) is 19.2. The lowest BCUT2D eigenvalue weighted by Crippen LogP contribution is -2.42. The molecule has 0 bridgehead atoms. The van der Waals surface area contributed by atoms with Crippen LogP contribution in [0.1, 0.15) is 21.5 Å². The first-order valence-corrected chi connectivity index (χ1v) is 9.17. The number of rotatable bonds is 5. The van der Waals surface area contributed by atoms with Crippen molar-refractivity contribution in [3.8, 4) is 5.69 Å². The highest BCUT2D eigenvalue weighted by Gasteiger charge is 2.14. The minimum Gasteiger partial charge on any atom is -0.272 e. The van der Waals surface area contributed by atoms with Crippen LogP contribution >= 0.6 is 11.8 Å². The van der Waals surface area contributed by atoms with E-state index in [-0.39, 0.29) is 17.6 Å². The molecule has 1 heterocycles. The van der Waals surface area contributed by atoms with Crippen LogP contribution in [-0.4, -0.2) is 37.8 Å². The van der Waals surface area contributed by atoms with E-state index in [1.807, 2.05) is 38.1 Å². The first-order chi connectivity index (χ1) is 13.1. The van der Waals surface area contributed by atoms with Crippen molar-refractivity contribution in [1.29, 1.82) is 0 Å². The molecule has 0 aliphatic heterocycles. The third-order valence-corrected chi connectivity index (χ3v) is 4.85. The summed E-state index contributed by atoms with van der Waals surface area (Å²) in [5.74, 6) is -0.686. The van der Waals surface area contributed by atoms with Crippen LogP contribution in [0.4, 0.5) is 0 Å². The highest BCUT2D eigenvalue weighted by atomic mass is 32.2. The SMILES string of the molecule is Cc1cccc(-n2nnnc2SCC(=O)NNC(=O)c2ccccc2)c1C. The zero-order valence-electron chi connectivity index (χ0n) is 14.8. The molecule has 0 spiro atoms. The van der Waals surface area contributed by atoms with Crippen molar-refractivity contribution in [1.82, 2.24) is 31.1 Å². The molecular weight excluding hydrogens is 364 g/mol. The number of benzene rings is 2. The molecule has 9 heteroatoms. The predicted molar refractivity (Wildman–Crippen MR) is 101 cm³/mol. The van der Waals surface area contributed by atoms with Crippen LogP contribution in [0.5, 0.6) is 0 Å². The third kappa shape index (κ3) is 4.50. The summed E-state index contributed by atoms with van der Waals surface area (Å²) in [4.78, 5) is 23.9. The predicted octanol–water partition coefficient (Wildman–Crippen LogP) is 1.83. The fraction of sp³-hybridized carbons (Fsp3) is 0.167. The highest BCUT2D eigenvalue weighted by Crippen LogP contribution is 2.22. The molecule has 0 aliphatic carbocycles. The summed E-state index contributed by atoms with van der Waals surface area (Å²) < 4.78 is 1.60. The van der Waals surface area contributed by atoms with E-state index in [9.17, 15) is 9.59 Å². The van der Waals surface area contributed by atoms with E-state index in [1.54, 1.807) is 28.9 Å². The average Bonchev–Trinajstić information content (AvgIpc) is 3.15. The number of amides is 2. The van der Waals surface area contributed by atoms with E-state index < -0.39 is 0 Å². The first-order valence-electron chi connectivity index (χ1n) is 8.18. The number of nitrogens with one attached hydrogen (secondary N) is 2. The third-order valence-electron chi connectivity index (χ3n) is 3.93. The van der Waals surface area contributed by atoms with Crippen molar-refractivity contribution in [3.63, 3.8) is 0 Å². The van der Waals surface area contributed by atoms with Gasteiger partial charge in [0, 0.05) is 5.56 Å². The number of tetrazole rings is 1. The summed E-state index contributed by atoms with van der Waals surface area (Å²) in [5, 5.41) is 12.2. The van der Waals surface area contributed by atoms with Crippen molar-refractivity contribution in [2.45, 2.75) is 19.0 Å². The molecule has 0 unspecified atom stereocenters. The molecule has 0 aliphatic rings. The van der Waals surface area contributed by atoms with Gasteiger partial charge in [-0.05, 0) is 53.6 Å². The fourth-order valence-corrected chi connectivity index (χ4v) is 3.02. The number of carbonyl (C=O) groups is 2. The number of aromatic nitrogens is 4. The number of nitrogens with zero attached hydrogens (tertiary/aromatic N) is 4. The Morgan fingerprint density at radius 2 is 1.81 bits per heavy atom. The molecule has 2 N–H and O–H groups in total. The molecule has 2 amide bonds. The van der Waals surface area contributed by atoms with Crippen molar-refractivity contribution < 1.29 is 9.59 Å². The van der Waals surface area contributed by atoms with Crippen LogP contribution < -0.4 is 10.9 Å². The summed E-state index contributed by atoms with van der Waals surface area (Å²) in [6.45, 7) is 4.01. The Morgan fingerprint density at radius 3 is 2.59 bits per heavy atom. The molecule has 0 saturated carbocycles. The molecule has 0 atom stereocenters. The van der Waals surface area contributed by atoms with Gasteiger partial charge in [0.25, 0.3) is 5.91 Å². The number of carbonyl (C=O) groups excluding carboxylic acids is 2. The van der Waals surface area contributed by atoms with Gasteiger partial charge < -0.3 is 0 Å². The van der Waals surface area contributed by atoms with Gasteiger partial charge in [-0.25, -0.2) is 0 Å². The largest absolute Gasteiger partial charge is 0.272 e. The molecule has 138 valence electrons. The van der Waals surface area contributed by atoms with E-state index in [0.717, 1.165) is 16.8 Å². The molecule has 3 aromatic rings. The summed E-state index contributed by atoms with van der Waals surface area (Å²) in [6, 6.07) is 14.5. The van der Waals surface area contributed by atoms with Crippen LogP contribution in [0.25, 0.3) is 5.69 Å². The summed E-state index contributed by atoms with van der Waals surface area (Å²) in [6.07, 6.45) is 0. The van der Waals surface area contributed by atoms with Gasteiger partial charge in [-0.1, -0.05) is 42.1 Å². The second-order valence-corrected chi connectivity index (χ2v) is 6.69. The van der Waals surface area contributed by atoms with Crippen LogP contribution in [0.15, 0.2) is 53.7 Å². The van der Waals surface area contributed by atoms with Crippen LogP contribution in [0, 0.1) is 13.8 Å². The van der Waals surface area contributed by atoms with E-state index in [0.29, 0.717) is 10.7 Å². The molecule has 0 radical (unpaired) electrons. The lowest BCUT2D eigenvalue weighted by atomic mass is 10.1. The molecule has 27 heavy (non-hydrogen) atoms. The van der Waals surface area contributed by atoms with E-state index in [1.165, 1.54) is 11.8 Å². The van der Waals surface area contributed by atoms with Crippen LogP contribution in [0.3, 0.4) is 0 Å². The second kappa shape index (κ2) is 8.45. The number of hydrogen-bond donors (Lipinski definition) is 2. The Bertz CT molecular complexity index is 957. The molecule has 8 nitrogen and oxygen atoms in total. The van der Waals surface area contributed by atoms with Gasteiger partial charge in [-0.2, -0.15) is 4.68 Å². The number of hydrazine groups is 1. The maximum atomic E-state index is 12.0. The minimum absolute atomic E-state index is 0.0559. The van der Waals surface area contributed by atoms with Gasteiger partial charge in [-0.15, -0.1) is 5.10 Å². The number of hydrogen-bond acceptors (Lipinski definition) is 6. The van der Waals surface area contributed by atoms with Crippen LogP contribution in [-0.2, 0) is 4.79 Å². The smallest absolute Gasteiger partial charge is 0.269 e. The molecule has 0 saturated heterocycles. The van der Waals surface area contributed by atoms with Gasteiger partial charge in [0.2, 0.25) is 11.1 Å². The van der Waals surface area contributed by atoms with Crippen molar-refractivity contribution in [2.75, 3.05) is 5.75 Å². The normalized spacial score (nSPS) is 10.4. The van der Waals surface area contributed by atoms with Crippen LogP contribution in [0.2, 0.25) is 0 Å². The Kier molecular flexibility index (Phi) is 5.82. The topological polar surface area (TPSA) is 102 Å². The molecular formula is C18H18N6O2S. The van der Waals surface area contributed by atoms with Crippen molar-refractivity contribution in [3.05, 3.63) is 65.2 Å². The molecule has 0 fully saturated rings. The highest BCUT2D eigenvalue weighted by molar-refractivity contribution is 7.99. The quantitative estimate of drug-likeness (QED) is 0.516. The summed E-state index contributed by atoms with van der Waals surface area (Å²) in [5.41, 5.74) is 8.28. The van der Waals surface area contributed by atoms with Gasteiger partial charge in [0.15, 0.2) is 0 Å². The lowest BCUT2D eigenvalue weighted by Gasteiger charge is -2.10. The van der Waals surface area contributed by atoms with E-state index >= 15 is 0 Å². The Morgan fingerprint density at radius 1 is 1.04 bits per heavy atom.